The van der Waals surface area contributed by atoms with Crippen LogP contribution in [0.2, 0.25) is 0 Å². The zero-order chi connectivity index (χ0) is 15.9. The van der Waals surface area contributed by atoms with E-state index in [4.69, 9.17) is 5.26 Å². The molecule has 0 unspecified atom stereocenters. The van der Waals surface area contributed by atoms with E-state index in [0.717, 1.165) is 0 Å². The molecule has 8 heteroatoms. The molecule has 1 amide bonds. The summed E-state index contributed by atoms with van der Waals surface area (Å²) in [5.41, 5.74) is 0.985. The van der Waals surface area contributed by atoms with Crippen molar-refractivity contribution in [3.63, 3.8) is 0 Å². The number of nitriles is 1. The molecule has 1 heterocycles. The summed E-state index contributed by atoms with van der Waals surface area (Å²) in [6, 6.07) is 9.14. The Hall–Kier alpha value is -2.40. The lowest BCUT2D eigenvalue weighted by Gasteiger charge is -2.08. The van der Waals surface area contributed by atoms with E-state index in [9.17, 15) is 4.79 Å². The number of para-hydroxylation sites is 1. The van der Waals surface area contributed by atoms with Crippen molar-refractivity contribution in [2.24, 2.45) is 0 Å². The average Bonchev–Trinajstić information content (AvgIpc) is 2.96. The molecule has 1 aromatic carbocycles. The number of carbonyl (C=O) groups excluding carboxylic acids is 1. The number of tetrazole rings is 1. The summed E-state index contributed by atoms with van der Waals surface area (Å²) < 4.78 is 1.72. The molecular formula is C14H16N6OS. The lowest BCUT2D eigenvalue weighted by atomic mass is 10.2. The summed E-state index contributed by atoms with van der Waals surface area (Å²) in [5, 5.41) is 23.9. The SMILES string of the molecule is CC(C)n1nnnc1SCCC(=O)Nc1ccccc1C#N. The highest BCUT2D eigenvalue weighted by Gasteiger charge is 2.11. The third kappa shape index (κ3) is 4.05. The van der Waals surface area contributed by atoms with E-state index in [1.807, 2.05) is 19.9 Å². The Labute approximate surface area is 132 Å². The third-order valence-corrected chi connectivity index (χ3v) is 3.77. The van der Waals surface area contributed by atoms with E-state index in [0.29, 0.717) is 28.6 Å². The van der Waals surface area contributed by atoms with Gasteiger partial charge in [-0.05, 0) is 36.4 Å². The lowest BCUT2D eigenvalue weighted by Crippen LogP contribution is -2.13. The van der Waals surface area contributed by atoms with Gasteiger partial charge in [0.05, 0.1) is 17.3 Å². The van der Waals surface area contributed by atoms with Crippen LogP contribution in [0.1, 0.15) is 31.9 Å². The van der Waals surface area contributed by atoms with Crippen LogP contribution in [-0.2, 0) is 4.79 Å². The molecule has 0 saturated carbocycles. The van der Waals surface area contributed by atoms with Crippen LogP contribution in [0.25, 0.3) is 0 Å². The van der Waals surface area contributed by atoms with Crippen molar-refractivity contribution in [2.75, 3.05) is 11.1 Å². The van der Waals surface area contributed by atoms with Crippen LogP contribution in [0.3, 0.4) is 0 Å². The predicted octanol–water partition coefficient (Wildman–Crippen LogP) is 2.25. The van der Waals surface area contributed by atoms with Gasteiger partial charge in [-0.15, -0.1) is 5.10 Å². The Bertz CT molecular complexity index is 691. The van der Waals surface area contributed by atoms with Gasteiger partial charge in [0.25, 0.3) is 0 Å². The fourth-order valence-electron chi connectivity index (χ4n) is 1.74. The molecule has 0 aliphatic rings. The van der Waals surface area contributed by atoms with Crippen molar-refractivity contribution >= 4 is 23.4 Å². The van der Waals surface area contributed by atoms with Gasteiger partial charge in [0.2, 0.25) is 11.1 Å². The Balaban J connectivity index is 1.86. The topological polar surface area (TPSA) is 96.5 Å². The number of hydrogen-bond donors (Lipinski definition) is 1. The first kappa shape index (κ1) is 16.0. The summed E-state index contributed by atoms with van der Waals surface area (Å²) in [6.07, 6.45) is 0.315. The number of anilines is 1. The van der Waals surface area contributed by atoms with E-state index in [1.165, 1.54) is 11.8 Å². The standard InChI is InChI=1S/C14H16N6OS/c1-10(2)20-14(17-18-19-20)22-8-7-13(21)16-12-6-4-3-5-11(12)9-15/h3-6,10H,7-8H2,1-2H3,(H,16,21). The van der Waals surface area contributed by atoms with Gasteiger partial charge in [-0.3, -0.25) is 4.79 Å². The average molecular weight is 316 g/mol. The fourth-order valence-corrected chi connectivity index (χ4v) is 2.69. The first-order valence-corrected chi connectivity index (χ1v) is 7.80. The number of benzene rings is 1. The Kier molecular flexibility index (Phi) is 5.49. The zero-order valence-electron chi connectivity index (χ0n) is 12.4. The molecule has 114 valence electrons. The van der Waals surface area contributed by atoms with E-state index in [-0.39, 0.29) is 11.9 Å². The van der Waals surface area contributed by atoms with E-state index < -0.39 is 0 Å². The maximum Gasteiger partial charge on any atom is 0.225 e. The van der Waals surface area contributed by atoms with Gasteiger partial charge in [0.1, 0.15) is 6.07 Å². The molecule has 0 aliphatic heterocycles. The van der Waals surface area contributed by atoms with Crippen molar-refractivity contribution in [3.8, 4) is 6.07 Å². The molecule has 0 atom stereocenters. The first-order valence-electron chi connectivity index (χ1n) is 6.81. The summed E-state index contributed by atoms with van der Waals surface area (Å²) in [6.45, 7) is 3.98. The van der Waals surface area contributed by atoms with Gasteiger partial charge in [-0.1, -0.05) is 23.9 Å². The summed E-state index contributed by atoms with van der Waals surface area (Å²) in [5.74, 6) is 0.423. The van der Waals surface area contributed by atoms with E-state index in [1.54, 1.807) is 28.9 Å². The molecule has 2 rings (SSSR count). The van der Waals surface area contributed by atoms with Gasteiger partial charge >= 0.3 is 0 Å². The molecule has 0 bridgehead atoms. The number of nitrogens with one attached hydrogen (secondary N) is 1. The highest BCUT2D eigenvalue weighted by atomic mass is 32.2. The quantitative estimate of drug-likeness (QED) is 0.821. The number of aromatic nitrogens is 4. The third-order valence-electron chi connectivity index (χ3n) is 2.83. The van der Waals surface area contributed by atoms with Crippen LogP contribution < -0.4 is 5.32 Å². The Morgan fingerprint density at radius 2 is 2.23 bits per heavy atom. The highest BCUT2D eigenvalue weighted by Crippen LogP contribution is 2.19. The molecule has 1 N–H and O–H groups in total. The van der Waals surface area contributed by atoms with Crippen molar-refractivity contribution in [1.29, 1.82) is 5.26 Å². The van der Waals surface area contributed by atoms with Gasteiger partial charge in [-0.2, -0.15) is 5.26 Å². The second-order valence-electron chi connectivity index (χ2n) is 4.80. The minimum Gasteiger partial charge on any atom is -0.325 e. The monoisotopic (exact) mass is 316 g/mol. The molecule has 2 aromatic rings. The minimum atomic E-state index is -0.140. The smallest absolute Gasteiger partial charge is 0.225 e. The van der Waals surface area contributed by atoms with Gasteiger partial charge in [0, 0.05) is 12.2 Å². The number of rotatable bonds is 6. The highest BCUT2D eigenvalue weighted by molar-refractivity contribution is 7.99. The van der Waals surface area contributed by atoms with Gasteiger partial charge in [-0.25, -0.2) is 4.68 Å². The fraction of sp³-hybridized carbons (Fsp3) is 0.357. The van der Waals surface area contributed by atoms with E-state index in [2.05, 4.69) is 20.8 Å². The molecule has 0 spiro atoms. The second-order valence-corrected chi connectivity index (χ2v) is 5.87. The first-order chi connectivity index (χ1) is 10.6. The van der Waals surface area contributed by atoms with Gasteiger partial charge in [0.15, 0.2) is 0 Å². The minimum absolute atomic E-state index is 0.140. The number of amides is 1. The normalized spacial score (nSPS) is 10.5. The number of carbonyl (C=O) groups is 1. The number of thioether (sulfide) groups is 1. The van der Waals surface area contributed by atoms with Crippen molar-refractivity contribution in [1.82, 2.24) is 20.2 Å². The van der Waals surface area contributed by atoms with Crippen LogP contribution in [0.15, 0.2) is 29.4 Å². The van der Waals surface area contributed by atoms with E-state index >= 15 is 0 Å². The van der Waals surface area contributed by atoms with Crippen LogP contribution in [-0.4, -0.2) is 31.9 Å². The number of hydrogen-bond acceptors (Lipinski definition) is 6. The molecule has 0 saturated heterocycles. The zero-order valence-corrected chi connectivity index (χ0v) is 13.2. The molecule has 0 fully saturated rings. The lowest BCUT2D eigenvalue weighted by molar-refractivity contribution is -0.115. The Morgan fingerprint density at radius 3 is 2.95 bits per heavy atom. The van der Waals surface area contributed by atoms with Crippen LogP contribution in [0.5, 0.6) is 0 Å². The summed E-state index contributed by atoms with van der Waals surface area (Å²) >= 11 is 1.43. The Morgan fingerprint density at radius 1 is 1.45 bits per heavy atom. The van der Waals surface area contributed by atoms with Crippen molar-refractivity contribution in [3.05, 3.63) is 29.8 Å². The summed E-state index contributed by atoms with van der Waals surface area (Å²) in [7, 11) is 0. The molecule has 7 nitrogen and oxygen atoms in total. The molecular weight excluding hydrogens is 300 g/mol. The van der Waals surface area contributed by atoms with Crippen LogP contribution in [0, 0.1) is 11.3 Å². The maximum atomic E-state index is 11.9. The largest absolute Gasteiger partial charge is 0.325 e. The molecule has 22 heavy (non-hydrogen) atoms. The molecule has 0 radical (unpaired) electrons. The second kappa shape index (κ2) is 7.56. The predicted molar refractivity (Wildman–Crippen MR) is 83.3 cm³/mol. The van der Waals surface area contributed by atoms with Crippen LogP contribution in [0.4, 0.5) is 5.69 Å². The maximum absolute atomic E-state index is 11.9. The number of nitrogens with zero attached hydrogens (tertiary/aromatic N) is 5. The van der Waals surface area contributed by atoms with Gasteiger partial charge < -0.3 is 5.32 Å². The summed E-state index contributed by atoms with van der Waals surface area (Å²) in [4.78, 5) is 11.9. The van der Waals surface area contributed by atoms with Crippen LogP contribution >= 0.6 is 11.8 Å². The van der Waals surface area contributed by atoms with Crippen molar-refractivity contribution in [2.45, 2.75) is 31.5 Å². The molecule has 1 aromatic heterocycles. The van der Waals surface area contributed by atoms with Crippen molar-refractivity contribution < 1.29 is 4.79 Å². The molecule has 0 aliphatic carbocycles.